The fourth-order valence-corrected chi connectivity index (χ4v) is 1.10. The first kappa shape index (κ1) is 12.9. The van der Waals surface area contributed by atoms with Crippen LogP contribution in [0.4, 0.5) is 13.2 Å². The van der Waals surface area contributed by atoms with Gasteiger partial charge in [0.15, 0.2) is 0 Å². The third-order valence-corrected chi connectivity index (χ3v) is 1.93. The number of hydrogen-bond donors (Lipinski definition) is 1. The van der Waals surface area contributed by atoms with Crippen LogP contribution in [0.1, 0.15) is 11.3 Å². The fourth-order valence-electron chi connectivity index (χ4n) is 1.10. The smallest absolute Gasteiger partial charge is 0.383 e. The van der Waals surface area contributed by atoms with Gasteiger partial charge < -0.3 is 10.1 Å². The fraction of sp³-hybridized carbons (Fsp3) is 0.500. The highest BCUT2D eigenvalue weighted by atomic mass is 19.4. The molecule has 0 unspecified atom stereocenters. The number of aromatic nitrogens is 1. The molecule has 0 aromatic carbocycles. The van der Waals surface area contributed by atoms with Gasteiger partial charge >= 0.3 is 6.18 Å². The molecule has 1 heterocycles. The van der Waals surface area contributed by atoms with Crippen LogP contribution >= 0.6 is 0 Å². The maximum Gasteiger partial charge on any atom is 0.433 e. The molecule has 3 nitrogen and oxygen atoms in total. The number of rotatable bonds is 5. The predicted molar refractivity (Wildman–Crippen MR) is 52.8 cm³/mol. The number of hydrogen-bond acceptors (Lipinski definition) is 3. The summed E-state index contributed by atoms with van der Waals surface area (Å²) >= 11 is 0. The molecule has 0 radical (unpaired) electrons. The molecule has 0 saturated heterocycles. The SMILES string of the molecule is COCCNCc1ccc(C(F)(F)F)nc1. The average molecular weight is 234 g/mol. The minimum atomic E-state index is -4.37. The molecule has 0 aliphatic rings. The molecule has 0 saturated carbocycles. The molecule has 0 aliphatic heterocycles. The summed E-state index contributed by atoms with van der Waals surface area (Å²) in [7, 11) is 1.58. The van der Waals surface area contributed by atoms with Crippen molar-refractivity contribution in [3.05, 3.63) is 29.6 Å². The van der Waals surface area contributed by atoms with Crippen molar-refractivity contribution in [2.75, 3.05) is 20.3 Å². The molecule has 0 fully saturated rings. The van der Waals surface area contributed by atoms with Crippen molar-refractivity contribution < 1.29 is 17.9 Å². The van der Waals surface area contributed by atoms with Crippen LogP contribution < -0.4 is 5.32 Å². The monoisotopic (exact) mass is 234 g/mol. The van der Waals surface area contributed by atoms with E-state index >= 15 is 0 Å². The lowest BCUT2D eigenvalue weighted by atomic mass is 10.2. The lowest BCUT2D eigenvalue weighted by molar-refractivity contribution is -0.141. The van der Waals surface area contributed by atoms with E-state index in [2.05, 4.69) is 10.3 Å². The molecule has 0 spiro atoms. The Morgan fingerprint density at radius 3 is 2.62 bits per heavy atom. The summed E-state index contributed by atoms with van der Waals surface area (Å²) in [5.41, 5.74) is -0.155. The van der Waals surface area contributed by atoms with Crippen molar-refractivity contribution >= 4 is 0 Å². The van der Waals surface area contributed by atoms with Crippen LogP contribution in [0.5, 0.6) is 0 Å². The number of pyridine rings is 1. The molecular formula is C10H13F3N2O. The van der Waals surface area contributed by atoms with E-state index in [-0.39, 0.29) is 0 Å². The largest absolute Gasteiger partial charge is 0.433 e. The van der Waals surface area contributed by atoms with Crippen LogP contribution in [0, 0.1) is 0 Å². The minimum absolute atomic E-state index is 0.481. The molecule has 0 atom stereocenters. The molecule has 0 amide bonds. The van der Waals surface area contributed by atoms with Gasteiger partial charge in [0.05, 0.1) is 6.61 Å². The van der Waals surface area contributed by atoms with Gasteiger partial charge in [-0.1, -0.05) is 6.07 Å². The van der Waals surface area contributed by atoms with Crippen molar-refractivity contribution in [2.45, 2.75) is 12.7 Å². The second-order valence-electron chi connectivity index (χ2n) is 3.22. The van der Waals surface area contributed by atoms with Crippen molar-refractivity contribution in [2.24, 2.45) is 0 Å². The molecule has 16 heavy (non-hydrogen) atoms. The number of nitrogens with zero attached hydrogens (tertiary/aromatic N) is 1. The Hall–Kier alpha value is -1.14. The molecule has 90 valence electrons. The normalized spacial score (nSPS) is 11.8. The molecule has 1 aromatic heterocycles. The van der Waals surface area contributed by atoms with Crippen LogP contribution in [0.2, 0.25) is 0 Å². The van der Waals surface area contributed by atoms with Gasteiger partial charge in [-0.3, -0.25) is 4.98 Å². The highest BCUT2D eigenvalue weighted by molar-refractivity contribution is 5.15. The summed E-state index contributed by atoms with van der Waals surface area (Å²) < 4.78 is 41.3. The van der Waals surface area contributed by atoms with Gasteiger partial charge in [0.25, 0.3) is 0 Å². The van der Waals surface area contributed by atoms with Gasteiger partial charge in [-0.25, -0.2) is 0 Å². The second-order valence-corrected chi connectivity index (χ2v) is 3.22. The van der Waals surface area contributed by atoms with Crippen LogP contribution in [0.25, 0.3) is 0 Å². The van der Waals surface area contributed by atoms with E-state index in [1.54, 1.807) is 7.11 Å². The standard InChI is InChI=1S/C10H13F3N2O/c1-16-5-4-14-6-8-2-3-9(15-7-8)10(11,12)13/h2-3,7,14H,4-6H2,1H3. The highest BCUT2D eigenvalue weighted by Crippen LogP contribution is 2.27. The maximum absolute atomic E-state index is 12.2. The van der Waals surface area contributed by atoms with Gasteiger partial charge in [-0.2, -0.15) is 13.2 Å². The van der Waals surface area contributed by atoms with Crippen LogP contribution in [0.15, 0.2) is 18.3 Å². The molecule has 1 rings (SSSR count). The van der Waals surface area contributed by atoms with E-state index in [1.165, 1.54) is 12.3 Å². The van der Waals surface area contributed by atoms with Gasteiger partial charge in [0.1, 0.15) is 5.69 Å². The molecule has 0 aliphatic carbocycles. The van der Waals surface area contributed by atoms with Gasteiger partial charge in [-0.05, 0) is 11.6 Å². The van der Waals surface area contributed by atoms with E-state index in [1.807, 2.05) is 0 Å². The maximum atomic E-state index is 12.2. The average Bonchev–Trinajstić information content (AvgIpc) is 2.24. The first-order valence-corrected chi connectivity index (χ1v) is 4.76. The lowest BCUT2D eigenvalue weighted by Gasteiger charge is -2.07. The highest BCUT2D eigenvalue weighted by Gasteiger charge is 2.31. The van der Waals surface area contributed by atoms with E-state index in [9.17, 15) is 13.2 Å². The van der Waals surface area contributed by atoms with E-state index in [0.29, 0.717) is 25.3 Å². The Labute approximate surface area is 91.6 Å². The lowest BCUT2D eigenvalue weighted by Crippen LogP contribution is -2.18. The van der Waals surface area contributed by atoms with E-state index in [0.717, 1.165) is 6.07 Å². The zero-order valence-corrected chi connectivity index (χ0v) is 8.84. The van der Waals surface area contributed by atoms with Gasteiger partial charge in [0, 0.05) is 26.4 Å². The summed E-state index contributed by atoms with van der Waals surface area (Å²) in [5, 5.41) is 3.01. The Kier molecular flexibility index (Phi) is 4.70. The first-order chi connectivity index (χ1) is 7.54. The zero-order valence-electron chi connectivity index (χ0n) is 8.84. The Balaban J connectivity index is 2.46. The summed E-state index contributed by atoms with van der Waals surface area (Å²) in [6.45, 7) is 1.69. The van der Waals surface area contributed by atoms with Crippen molar-refractivity contribution in [1.82, 2.24) is 10.3 Å². The van der Waals surface area contributed by atoms with E-state index < -0.39 is 11.9 Å². The molecule has 0 bridgehead atoms. The molecule has 1 aromatic rings. The van der Waals surface area contributed by atoms with Crippen LogP contribution in [0.3, 0.4) is 0 Å². The number of methoxy groups -OCH3 is 1. The van der Waals surface area contributed by atoms with Crippen molar-refractivity contribution in [3.8, 4) is 0 Å². The Morgan fingerprint density at radius 1 is 1.38 bits per heavy atom. The topological polar surface area (TPSA) is 34.1 Å². The minimum Gasteiger partial charge on any atom is -0.383 e. The molecule has 1 N–H and O–H groups in total. The Bertz CT molecular complexity index is 311. The van der Waals surface area contributed by atoms with E-state index in [4.69, 9.17) is 4.74 Å². The third kappa shape index (κ3) is 4.16. The molecule has 6 heteroatoms. The third-order valence-electron chi connectivity index (χ3n) is 1.93. The summed E-state index contributed by atoms with van der Waals surface area (Å²) in [6, 6.07) is 2.39. The summed E-state index contributed by atoms with van der Waals surface area (Å²) in [6.07, 6.45) is -3.15. The summed E-state index contributed by atoms with van der Waals surface area (Å²) in [5.74, 6) is 0. The van der Waals surface area contributed by atoms with Gasteiger partial charge in [0.2, 0.25) is 0 Å². The number of halogens is 3. The predicted octanol–water partition coefficient (Wildman–Crippen LogP) is 1.84. The number of alkyl halides is 3. The molecular weight excluding hydrogens is 221 g/mol. The zero-order chi connectivity index (χ0) is 12.0. The van der Waals surface area contributed by atoms with Gasteiger partial charge in [-0.15, -0.1) is 0 Å². The van der Waals surface area contributed by atoms with Crippen LogP contribution in [-0.2, 0) is 17.5 Å². The van der Waals surface area contributed by atoms with Crippen LogP contribution in [-0.4, -0.2) is 25.2 Å². The first-order valence-electron chi connectivity index (χ1n) is 4.76. The van der Waals surface area contributed by atoms with Crippen molar-refractivity contribution in [1.29, 1.82) is 0 Å². The van der Waals surface area contributed by atoms with Crippen molar-refractivity contribution in [3.63, 3.8) is 0 Å². The Morgan fingerprint density at radius 2 is 2.12 bits per heavy atom. The number of ether oxygens (including phenoxy) is 1. The summed E-state index contributed by atoms with van der Waals surface area (Å²) in [4.78, 5) is 3.35. The second kappa shape index (κ2) is 5.81. The quantitative estimate of drug-likeness (QED) is 0.789. The number of nitrogens with one attached hydrogen (secondary N) is 1.